The number of nitrogens with one attached hydrogen (secondary N) is 1. The van der Waals surface area contributed by atoms with Gasteiger partial charge in [0.2, 0.25) is 5.91 Å². The second kappa shape index (κ2) is 5.63. The van der Waals surface area contributed by atoms with Crippen LogP contribution in [0.3, 0.4) is 0 Å². The van der Waals surface area contributed by atoms with Crippen molar-refractivity contribution in [2.24, 2.45) is 0 Å². The predicted octanol–water partition coefficient (Wildman–Crippen LogP) is 1.05. The van der Waals surface area contributed by atoms with Crippen LogP contribution in [0.15, 0.2) is 18.2 Å². The average Bonchev–Trinajstić information content (AvgIpc) is 2.48. The minimum absolute atomic E-state index is 0.156. The number of ether oxygens (including phenoxy) is 2. The van der Waals surface area contributed by atoms with Gasteiger partial charge in [0.25, 0.3) is 5.91 Å². The van der Waals surface area contributed by atoms with Gasteiger partial charge < -0.3 is 19.7 Å². The van der Waals surface area contributed by atoms with E-state index in [0.29, 0.717) is 30.2 Å². The van der Waals surface area contributed by atoms with Crippen LogP contribution in [0.5, 0.6) is 11.5 Å². The van der Waals surface area contributed by atoms with Gasteiger partial charge in [0, 0.05) is 24.7 Å². The Bertz CT molecular complexity index is 547. The van der Waals surface area contributed by atoms with Crippen molar-refractivity contribution in [1.82, 2.24) is 10.2 Å². The smallest absolute Gasteiger partial charge is 0.255 e. The Hall–Kier alpha value is -2.24. The van der Waals surface area contributed by atoms with Gasteiger partial charge in [-0.15, -0.1) is 0 Å². The van der Waals surface area contributed by atoms with Crippen LogP contribution in [-0.2, 0) is 4.79 Å². The molecular formula is C15H20N2O4. The lowest BCUT2D eigenvalue weighted by Gasteiger charge is -2.41. The number of nitrogens with zero attached hydrogens (tertiary/aromatic N) is 1. The van der Waals surface area contributed by atoms with Crippen molar-refractivity contribution in [3.8, 4) is 11.5 Å². The summed E-state index contributed by atoms with van der Waals surface area (Å²) in [6.45, 7) is 4.39. The highest BCUT2D eigenvalue weighted by Gasteiger charge is 2.40. The van der Waals surface area contributed by atoms with Crippen molar-refractivity contribution >= 4 is 11.8 Å². The Balaban J connectivity index is 2.37. The summed E-state index contributed by atoms with van der Waals surface area (Å²) >= 11 is 0. The molecule has 0 bridgehead atoms. The number of benzene rings is 1. The molecular weight excluding hydrogens is 272 g/mol. The van der Waals surface area contributed by atoms with Gasteiger partial charge in [0.05, 0.1) is 14.2 Å². The van der Waals surface area contributed by atoms with Crippen LogP contribution >= 0.6 is 0 Å². The fourth-order valence-corrected chi connectivity index (χ4v) is 2.34. The van der Waals surface area contributed by atoms with E-state index in [1.807, 2.05) is 0 Å². The number of hydrogen-bond donors (Lipinski definition) is 1. The number of hydrogen-bond acceptors (Lipinski definition) is 4. The maximum Gasteiger partial charge on any atom is 0.255 e. The molecule has 0 radical (unpaired) electrons. The lowest BCUT2D eigenvalue weighted by atomic mass is 9.97. The number of carbonyl (C=O) groups excluding carboxylic acids is 2. The van der Waals surface area contributed by atoms with E-state index < -0.39 is 5.54 Å². The number of rotatable bonds is 3. The van der Waals surface area contributed by atoms with Crippen LogP contribution in [0, 0.1) is 0 Å². The fourth-order valence-electron chi connectivity index (χ4n) is 2.34. The summed E-state index contributed by atoms with van der Waals surface area (Å²) in [6.07, 6.45) is 0. The zero-order valence-corrected chi connectivity index (χ0v) is 12.7. The molecule has 0 aromatic heterocycles. The summed E-state index contributed by atoms with van der Waals surface area (Å²) in [7, 11) is 3.06. The molecule has 1 aliphatic heterocycles. The first-order valence-electron chi connectivity index (χ1n) is 6.73. The van der Waals surface area contributed by atoms with Crippen LogP contribution in [-0.4, -0.2) is 49.6 Å². The molecule has 1 aliphatic rings. The highest BCUT2D eigenvalue weighted by Crippen LogP contribution is 2.26. The first-order valence-corrected chi connectivity index (χ1v) is 6.73. The van der Waals surface area contributed by atoms with E-state index in [2.05, 4.69) is 5.32 Å². The van der Waals surface area contributed by atoms with Gasteiger partial charge in [-0.2, -0.15) is 0 Å². The third-order valence-electron chi connectivity index (χ3n) is 3.69. The summed E-state index contributed by atoms with van der Waals surface area (Å²) in [5.41, 5.74) is -0.444. The molecule has 0 saturated carbocycles. The van der Waals surface area contributed by atoms with Crippen LogP contribution in [0.25, 0.3) is 0 Å². The lowest BCUT2D eigenvalue weighted by Crippen LogP contribution is -2.63. The summed E-state index contributed by atoms with van der Waals surface area (Å²) < 4.78 is 10.4. The van der Waals surface area contributed by atoms with Crippen LogP contribution in [0.2, 0.25) is 0 Å². The van der Waals surface area contributed by atoms with E-state index in [1.54, 1.807) is 36.9 Å². The zero-order chi connectivity index (χ0) is 15.6. The van der Waals surface area contributed by atoms with Crippen LogP contribution in [0.1, 0.15) is 24.2 Å². The number of carbonyl (C=O) groups is 2. The summed E-state index contributed by atoms with van der Waals surface area (Å²) in [6, 6.07) is 4.99. The van der Waals surface area contributed by atoms with Crippen LogP contribution in [0.4, 0.5) is 0 Å². The molecule has 114 valence electrons. The maximum absolute atomic E-state index is 12.7. The molecule has 1 aromatic carbocycles. The molecule has 1 fully saturated rings. The van der Waals surface area contributed by atoms with Crippen molar-refractivity contribution in [3.05, 3.63) is 23.8 Å². The largest absolute Gasteiger partial charge is 0.497 e. The Morgan fingerprint density at radius 2 is 1.76 bits per heavy atom. The van der Waals surface area contributed by atoms with Crippen molar-refractivity contribution < 1.29 is 19.1 Å². The van der Waals surface area contributed by atoms with Crippen LogP contribution < -0.4 is 14.8 Å². The minimum atomic E-state index is -0.883. The first kappa shape index (κ1) is 15.2. The monoisotopic (exact) mass is 292 g/mol. The van der Waals surface area contributed by atoms with Gasteiger partial charge >= 0.3 is 0 Å². The van der Waals surface area contributed by atoms with Gasteiger partial charge in [-0.25, -0.2) is 0 Å². The Morgan fingerprint density at radius 1 is 1.19 bits per heavy atom. The summed E-state index contributed by atoms with van der Waals surface area (Å²) in [4.78, 5) is 26.3. The Kier molecular flexibility index (Phi) is 4.06. The molecule has 0 atom stereocenters. The number of amides is 2. The van der Waals surface area contributed by atoms with Gasteiger partial charge in [-0.05, 0) is 26.0 Å². The number of methoxy groups -OCH3 is 2. The minimum Gasteiger partial charge on any atom is -0.497 e. The highest BCUT2D eigenvalue weighted by molar-refractivity contribution is 6.00. The molecule has 2 amide bonds. The third kappa shape index (κ3) is 2.79. The normalized spacial score (nSPS) is 17.1. The average molecular weight is 292 g/mol. The van der Waals surface area contributed by atoms with E-state index >= 15 is 0 Å². The Morgan fingerprint density at radius 3 is 2.29 bits per heavy atom. The predicted molar refractivity (Wildman–Crippen MR) is 77.7 cm³/mol. The van der Waals surface area contributed by atoms with Gasteiger partial charge in [0.15, 0.2) is 0 Å². The van der Waals surface area contributed by atoms with Gasteiger partial charge in [0.1, 0.15) is 17.0 Å². The lowest BCUT2D eigenvalue weighted by molar-refractivity contribution is -0.133. The van der Waals surface area contributed by atoms with Gasteiger partial charge in [-0.3, -0.25) is 9.59 Å². The first-order chi connectivity index (χ1) is 9.90. The second-order valence-corrected chi connectivity index (χ2v) is 5.37. The van der Waals surface area contributed by atoms with Gasteiger partial charge in [-0.1, -0.05) is 0 Å². The molecule has 2 rings (SSSR count). The summed E-state index contributed by atoms with van der Waals surface area (Å²) in [5.74, 6) is 0.706. The van der Waals surface area contributed by atoms with E-state index in [-0.39, 0.29) is 11.8 Å². The van der Waals surface area contributed by atoms with Crippen molar-refractivity contribution in [2.75, 3.05) is 27.3 Å². The zero-order valence-electron chi connectivity index (χ0n) is 12.7. The molecule has 0 unspecified atom stereocenters. The second-order valence-electron chi connectivity index (χ2n) is 5.37. The fraction of sp³-hybridized carbons (Fsp3) is 0.467. The molecule has 1 heterocycles. The van der Waals surface area contributed by atoms with Crippen molar-refractivity contribution in [1.29, 1.82) is 0 Å². The van der Waals surface area contributed by atoms with Crippen molar-refractivity contribution in [2.45, 2.75) is 19.4 Å². The van der Waals surface area contributed by atoms with E-state index in [9.17, 15) is 9.59 Å². The topological polar surface area (TPSA) is 67.9 Å². The molecule has 21 heavy (non-hydrogen) atoms. The molecule has 1 saturated heterocycles. The Labute approximate surface area is 124 Å². The van der Waals surface area contributed by atoms with E-state index in [1.165, 1.54) is 14.2 Å². The SMILES string of the molecule is COc1cc(OC)cc(C(=O)N2CCNC(=O)C2(C)C)c1. The van der Waals surface area contributed by atoms with E-state index in [4.69, 9.17) is 9.47 Å². The third-order valence-corrected chi connectivity index (χ3v) is 3.69. The van der Waals surface area contributed by atoms with E-state index in [0.717, 1.165) is 0 Å². The molecule has 0 aliphatic carbocycles. The summed E-state index contributed by atoms with van der Waals surface area (Å²) in [5, 5.41) is 2.77. The van der Waals surface area contributed by atoms with Crippen molar-refractivity contribution in [3.63, 3.8) is 0 Å². The number of piperazine rings is 1. The maximum atomic E-state index is 12.7. The molecule has 1 N–H and O–H groups in total. The molecule has 1 aromatic rings. The molecule has 6 heteroatoms. The molecule has 0 spiro atoms. The highest BCUT2D eigenvalue weighted by atomic mass is 16.5. The molecule has 6 nitrogen and oxygen atoms in total. The quantitative estimate of drug-likeness (QED) is 0.904. The standard InChI is InChI=1S/C15H20N2O4/c1-15(2)14(19)16-5-6-17(15)13(18)10-7-11(20-3)9-12(8-10)21-4/h7-9H,5-6H2,1-4H3,(H,16,19).